The fraction of sp³-hybridized carbons (Fsp3) is 0.538. The number of rotatable bonds is 8. The maximum atomic E-state index is 6.10. The van der Waals surface area contributed by atoms with E-state index >= 15 is 0 Å². The molecule has 0 unspecified atom stereocenters. The number of ether oxygens (including phenoxy) is 2. The maximum absolute atomic E-state index is 6.10. The SMILES string of the molecule is CN1CCN(CCOc2ccc3c(c2)oc2ccc(OCCN4CCN(C)CC4)cc23)CC1. The van der Waals surface area contributed by atoms with E-state index in [9.17, 15) is 0 Å². The minimum Gasteiger partial charge on any atom is -0.492 e. The highest BCUT2D eigenvalue weighted by atomic mass is 16.5. The van der Waals surface area contributed by atoms with Gasteiger partial charge in [0.15, 0.2) is 0 Å². The molecule has 3 heterocycles. The second-order valence-electron chi connectivity index (χ2n) is 9.40. The van der Waals surface area contributed by atoms with E-state index in [2.05, 4.69) is 45.8 Å². The van der Waals surface area contributed by atoms with Crippen LogP contribution in [0.1, 0.15) is 0 Å². The highest BCUT2D eigenvalue weighted by Crippen LogP contribution is 2.33. The topological polar surface area (TPSA) is 44.6 Å². The standard InChI is InChI=1S/C26H36N4O3/c1-27-7-11-29(12-8-27)15-17-31-21-4-6-25-24(19-21)23-5-3-22(20-26(23)33-25)32-18-16-30-13-9-28(2)10-14-30/h3-6,19-20H,7-18H2,1-2H3. The molecule has 0 spiro atoms. The first kappa shape index (κ1) is 22.5. The van der Waals surface area contributed by atoms with Crippen molar-refractivity contribution >= 4 is 21.9 Å². The summed E-state index contributed by atoms with van der Waals surface area (Å²) in [4.78, 5) is 9.68. The van der Waals surface area contributed by atoms with E-state index in [0.29, 0.717) is 13.2 Å². The first-order chi connectivity index (χ1) is 16.1. The molecule has 7 nitrogen and oxygen atoms in total. The van der Waals surface area contributed by atoms with E-state index in [1.54, 1.807) is 0 Å². The summed E-state index contributed by atoms with van der Waals surface area (Å²) in [7, 11) is 4.36. The lowest BCUT2D eigenvalue weighted by Crippen LogP contribution is -2.45. The van der Waals surface area contributed by atoms with Crippen molar-refractivity contribution in [3.8, 4) is 11.5 Å². The van der Waals surface area contributed by atoms with Crippen LogP contribution in [0.15, 0.2) is 40.8 Å². The van der Waals surface area contributed by atoms with E-state index in [-0.39, 0.29) is 0 Å². The van der Waals surface area contributed by atoms with Crippen molar-refractivity contribution in [2.75, 3.05) is 92.8 Å². The number of benzene rings is 2. The zero-order valence-corrected chi connectivity index (χ0v) is 20.0. The minimum atomic E-state index is 0.695. The van der Waals surface area contributed by atoms with Gasteiger partial charge in [-0.15, -0.1) is 0 Å². The number of hydrogen-bond donors (Lipinski definition) is 0. The minimum absolute atomic E-state index is 0.695. The number of piperazine rings is 2. The van der Waals surface area contributed by atoms with E-state index in [1.807, 2.05) is 24.3 Å². The number of likely N-dealkylation sites (N-methyl/N-ethyl adjacent to an activating group) is 2. The summed E-state index contributed by atoms with van der Waals surface area (Å²) in [5.41, 5.74) is 1.74. The van der Waals surface area contributed by atoms with Crippen molar-refractivity contribution in [2.45, 2.75) is 0 Å². The first-order valence-corrected chi connectivity index (χ1v) is 12.2. The van der Waals surface area contributed by atoms with Crippen LogP contribution in [-0.4, -0.2) is 112 Å². The molecule has 2 aliphatic heterocycles. The number of furan rings is 1. The normalized spacial score (nSPS) is 19.5. The van der Waals surface area contributed by atoms with Crippen molar-refractivity contribution < 1.29 is 13.9 Å². The number of nitrogens with zero attached hydrogens (tertiary/aromatic N) is 4. The lowest BCUT2D eigenvalue weighted by Gasteiger charge is -2.32. The van der Waals surface area contributed by atoms with E-state index < -0.39 is 0 Å². The highest BCUT2D eigenvalue weighted by molar-refractivity contribution is 6.05. The van der Waals surface area contributed by atoms with Gasteiger partial charge in [0.25, 0.3) is 0 Å². The third-order valence-electron chi connectivity index (χ3n) is 6.96. The highest BCUT2D eigenvalue weighted by Gasteiger charge is 2.15. The van der Waals surface area contributed by atoms with Crippen LogP contribution in [0.4, 0.5) is 0 Å². The van der Waals surface area contributed by atoms with Gasteiger partial charge in [0.05, 0.1) is 0 Å². The van der Waals surface area contributed by atoms with Crippen molar-refractivity contribution in [2.24, 2.45) is 0 Å². The molecule has 7 heteroatoms. The molecule has 2 aliphatic rings. The van der Waals surface area contributed by atoms with Gasteiger partial charge in [-0.1, -0.05) is 0 Å². The van der Waals surface area contributed by atoms with Crippen LogP contribution in [0.2, 0.25) is 0 Å². The average molecular weight is 453 g/mol. The number of fused-ring (bicyclic) bond motifs is 3. The van der Waals surface area contributed by atoms with Crippen LogP contribution in [-0.2, 0) is 0 Å². The Balaban J connectivity index is 1.17. The van der Waals surface area contributed by atoms with Gasteiger partial charge >= 0.3 is 0 Å². The molecule has 1 aromatic heterocycles. The molecule has 0 aliphatic carbocycles. The Morgan fingerprint density at radius 1 is 0.636 bits per heavy atom. The van der Waals surface area contributed by atoms with Crippen molar-refractivity contribution in [3.05, 3.63) is 36.4 Å². The lowest BCUT2D eigenvalue weighted by atomic mass is 10.1. The van der Waals surface area contributed by atoms with Gasteiger partial charge in [0.1, 0.15) is 35.9 Å². The van der Waals surface area contributed by atoms with Crippen LogP contribution in [0.3, 0.4) is 0 Å². The van der Waals surface area contributed by atoms with E-state index in [1.165, 1.54) is 0 Å². The molecular weight excluding hydrogens is 416 g/mol. The van der Waals surface area contributed by atoms with Crippen LogP contribution in [0.5, 0.6) is 11.5 Å². The first-order valence-electron chi connectivity index (χ1n) is 12.2. The van der Waals surface area contributed by atoms with Gasteiger partial charge in [0.2, 0.25) is 0 Å². The Morgan fingerprint density at radius 2 is 1.18 bits per heavy atom. The van der Waals surface area contributed by atoms with Crippen LogP contribution in [0, 0.1) is 0 Å². The monoisotopic (exact) mass is 452 g/mol. The molecule has 0 bridgehead atoms. The van der Waals surface area contributed by atoms with Crippen molar-refractivity contribution in [1.29, 1.82) is 0 Å². The summed E-state index contributed by atoms with van der Waals surface area (Å²) in [6.45, 7) is 12.3. The molecule has 5 rings (SSSR count). The Hall–Kier alpha value is -2.32. The van der Waals surface area contributed by atoms with Gasteiger partial charge in [0, 0.05) is 82.3 Å². The molecule has 0 N–H and O–H groups in total. The zero-order valence-electron chi connectivity index (χ0n) is 20.0. The Kier molecular flexibility index (Phi) is 7.02. The molecule has 3 aromatic rings. The molecule has 0 radical (unpaired) electrons. The zero-order chi connectivity index (χ0) is 22.6. The molecule has 0 saturated carbocycles. The molecule has 2 fully saturated rings. The second-order valence-corrected chi connectivity index (χ2v) is 9.40. The molecule has 0 atom stereocenters. The fourth-order valence-electron chi connectivity index (χ4n) is 4.64. The van der Waals surface area contributed by atoms with Crippen molar-refractivity contribution in [3.63, 3.8) is 0 Å². The van der Waals surface area contributed by atoms with Crippen LogP contribution in [0.25, 0.3) is 21.9 Å². The number of hydrogen-bond acceptors (Lipinski definition) is 7. The van der Waals surface area contributed by atoms with Gasteiger partial charge in [-0.25, -0.2) is 0 Å². The third-order valence-corrected chi connectivity index (χ3v) is 6.96. The van der Waals surface area contributed by atoms with Gasteiger partial charge in [-0.3, -0.25) is 9.80 Å². The summed E-state index contributed by atoms with van der Waals surface area (Å²) in [6, 6.07) is 12.3. The second kappa shape index (κ2) is 10.3. The average Bonchev–Trinajstić information content (AvgIpc) is 3.19. The smallest absolute Gasteiger partial charge is 0.139 e. The predicted octanol–water partition coefficient (Wildman–Crippen LogP) is 2.84. The fourth-order valence-corrected chi connectivity index (χ4v) is 4.64. The molecule has 2 saturated heterocycles. The van der Waals surface area contributed by atoms with Gasteiger partial charge in [-0.2, -0.15) is 0 Å². The van der Waals surface area contributed by atoms with Gasteiger partial charge < -0.3 is 23.7 Å². The van der Waals surface area contributed by atoms with E-state index in [0.717, 1.165) is 98.9 Å². The van der Waals surface area contributed by atoms with Gasteiger partial charge in [-0.05, 0) is 44.4 Å². The maximum Gasteiger partial charge on any atom is 0.139 e. The largest absolute Gasteiger partial charge is 0.492 e. The summed E-state index contributed by atoms with van der Waals surface area (Å²) in [5, 5.41) is 2.19. The third kappa shape index (κ3) is 5.61. The quantitative estimate of drug-likeness (QED) is 0.521. The van der Waals surface area contributed by atoms with E-state index in [4.69, 9.17) is 13.9 Å². The van der Waals surface area contributed by atoms with Crippen LogP contribution >= 0.6 is 0 Å². The molecular formula is C26H36N4O3. The van der Waals surface area contributed by atoms with Crippen LogP contribution < -0.4 is 9.47 Å². The Morgan fingerprint density at radius 3 is 1.79 bits per heavy atom. The lowest BCUT2D eigenvalue weighted by molar-refractivity contribution is 0.134. The molecule has 178 valence electrons. The molecule has 2 aromatic carbocycles. The summed E-state index contributed by atoms with van der Waals surface area (Å²) in [6.07, 6.45) is 0. The summed E-state index contributed by atoms with van der Waals surface area (Å²) >= 11 is 0. The summed E-state index contributed by atoms with van der Waals surface area (Å²) in [5.74, 6) is 1.76. The van der Waals surface area contributed by atoms with Crippen molar-refractivity contribution in [1.82, 2.24) is 19.6 Å². The molecule has 33 heavy (non-hydrogen) atoms. The summed E-state index contributed by atoms with van der Waals surface area (Å²) < 4.78 is 18.2. The Labute approximate surface area is 196 Å². The molecule has 0 amide bonds. The predicted molar refractivity (Wildman–Crippen MR) is 133 cm³/mol. The Bertz CT molecular complexity index is 1050.